The lowest BCUT2D eigenvalue weighted by molar-refractivity contribution is 0.305. The predicted molar refractivity (Wildman–Crippen MR) is 79.3 cm³/mol. The topological polar surface area (TPSA) is 12.0 Å². The summed E-state index contributed by atoms with van der Waals surface area (Å²) in [6, 6.07) is 6.61. The van der Waals surface area contributed by atoms with Gasteiger partial charge in [0.15, 0.2) is 0 Å². The van der Waals surface area contributed by atoms with Gasteiger partial charge in [-0.25, -0.2) is 0 Å². The van der Waals surface area contributed by atoms with Crippen LogP contribution in [0.15, 0.2) is 18.2 Å². The number of thioether (sulfide) groups is 1. The van der Waals surface area contributed by atoms with Crippen molar-refractivity contribution in [3.05, 3.63) is 28.8 Å². The first-order valence-corrected chi connectivity index (χ1v) is 7.63. The lowest BCUT2D eigenvalue weighted by Crippen LogP contribution is -2.41. The predicted octanol–water partition coefficient (Wildman–Crippen LogP) is 4.59. The van der Waals surface area contributed by atoms with Crippen molar-refractivity contribution in [2.45, 2.75) is 33.2 Å². The van der Waals surface area contributed by atoms with Gasteiger partial charge in [0.25, 0.3) is 0 Å². The van der Waals surface area contributed by atoms with Crippen molar-refractivity contribution in [3.63, 3.8) is 0 Å². The molecular weight excluding hydrogens is 250 g/mol. The van der Waals surface area contributed by atoms with Crippen LogP contribution in [0, 0.1) is 12.3 Å². The van der Waals surface area contributed by atoms with E-state index in [4.69, 9.17) is 11.6 Å². The maximum absolute atomic E-state index is 6.16. The molecule has 1 aliphatic rings. The Labute approximate surface area is 113 Å². The van der Waals surface area contributed by atoms with E-state index in [1.165, 1.54) is 23.6 Å². The zero-order valence-electron chi connectivity index (χ0n) is 10.7. The van der Waals surface area contributed by atoms with Crippen molar-refractivity contribution in [1.82, 2.24) is 0 Å². The largest absolute Gasteiger partial charge is 0.381 e. The Morgan fingerprint density at radius 2 is 2.18 bits per heavy atom. The fraction of sp³-hybridized carbons (Fsp3) is 0.571. The minimum Gasteiger partial charge on any atom is -0.381 e. The summed E-state index contributed by atoms with van der Waals surface area (Å²) in [6.07, 6.45) is 1.27. The molecule has 1 nitrogen and oxygen atoms in total. The summed E-state index contributed by atoms with van der Waals surface area (Å²) in [7, 11) is 0. The van der Waals surface area contributed by atoms with Crippen molar-refractivity contribution in [2.75, 3.05) is 16.8 Å². The minimum absolute atomic E-state index is 0.361. The Bertz CT molecular complexity index is 403. The van der Waals surface area contributed by atoms with E-state index in [0.717, 1.165) is 10.6 Å². The fourth-order valence-corrected chi connectivity index (χ4v) is 3.91. The van der Waals surface area contributed by atoms with Gasteiger partial charge in [-0.05, 0) is 42.2 Å². The second-order valence-corrected chi connectivity index (χ2v) is 6.98. The van der Waals surface area contributed by atoms with Gasteiger partial charge in [0.05, 0.1) is 0 Å². The van der Waals surface area contributed by atoms with Gasteiger partial charge < -0.3 is 5.32 Å². The Kier molecular flexibility index (Phi) is 3.94. The van der Waals surface area contributed by atoms with Crippen LogP contribution in [0.3, 0.4) is 0 Å². The van der Waals surface area contributed by atoms with Crippen LogP contribution in [0.5, 0.6) is 0 Å². The maximum atomic E-state index is 6.16. The molecule has 3 heteroatoms. The molecule has 0 spiro atoms. The van der Waals surface area contributed by atoms with Crippen molar-refractivity contribution < 1.29 is 0 Å². The highest BCUT2D eigenvalue weighted by atomic mass is 35.5. The molecular formula is C14H20ClNS. The van der Waals surface area contributed by atoms with Crippen molar-refractivity contribution in [2.24, 2.45) is 5.41 Å². The molecule has 1 aliphatic heterocycles. The first-order chi connectivity index (χ1) is 8.00. The molecule has 1 atom stereocenters. The zero-order valence-corrected chi connectivity index (χ0v) is 12.3. The van der Waals surface area contributed by atoms with Gasteiger partial charge in [-0.1, -0.05) is 31.5 Å². The highest BCUT2D eigenvalue weighted by molar-refractivity contribution is 7.99. The molecule has 1 fully saturated rings. The van der Waals surface area contributed by atoms with Crippen LogP contribution in [0.25, 0.3) is 0 Å². The molecule has 0 radical (unpaired) electrons. The number of anilines is 1. The minimum atomic E-state index is 0.361. The second kappa shape index (κ2) is 5.11. The maximum Gasteiger partial charge on any atom is 0.0455 e. The molecule has 0 aromatic heterocycles. The molecule has 1 aromatic rings. The van der Waals surface area contributed by atoms with Crippen LogP contribution in [0.2, 0.25) is 5.02 Å². The molecule has 0 saturated carbocycles. The number of benzene rings is 1. The van der Waals surface area contributed by atoms with Gasteiger partial charge in [-0.3, -0.25) is 0 Å². The first-order valence-electron chi connectivity index (χ1n) is 6.10. The standard InChI is InChI=1S/C14H20ClNS/c1-10-11(15)5-4-6-12(10)16-13-9-17-8-7-14(13,2)3/h4-6,13,16H,7-9H2,1-3H3. The summed E-state index contributed by atoms with van der Waals surface area (Å²) in [4.78, 5) is 0. The third-order valence-corrected chi connectivity index (χ3v) is 5.19. The molecule has 0 amide bonds. The molecule has 17 heavy (non-hydrogen) atoms. The van der Waals surface area contributed by atoms with Gasteiger partial charge in [0.2, 0.25) is 0 Å². The molecule has 94 valence electrons. The molecule has 1 heterocycles. The van der Waals surface area contributed by atoms with E-state index < -0.39 is 0 Å². The Hall–Kier alpha value is -0.340. The number of nitrogens with one attached hydrogen (secondary N) is 1. The van der Waals surface area contributed by atoms with Gasteiger partial charge in [0.1, 0.15) is 0 Å². The summed E-state index contributed by atoms with van der Waals surface area (Å²) in [5.41, 5.74) is 2.69. The molecule has 0 aliphatic carbocycles. The second-order valence-electron chi connectivity index (χ2n) is 5.42. The fourth-order valence-electron chi connectivity index (χ4n) is 2.12. The van der Waals surface area contributed by atoms with E-state index in [2.05, 4.69) is 32.2 Å². The summed E-state index contributed by atoms with van der Waals surface area (Å²) >= 11 is 8.20. The lowest BCUT2D eigenvalue weighted by Gasteiger charge is -2.39. The van der Waals surface area contributed by atoms with Crippen molar-refractivity contribution in [3.8, 4) is 0 Å². The van der Waals surface area contributed by atoms with E-state index in [-0.39, 0.29) is 0 Å². The zero-order chi connectivity index (χ0) is 12.5. The molecule has 1 saturated heterocycles. The highest BCUT2D eigenvalue weighted by Gasteiger charge is 2.32. The molecule has 1 N–H and O–H groups in total. The Morgan fingerprint density at radius 1 is 1.41 bits per heavy atom. The third kappa shape index (κ3) is 2.92. The van der Waals surface area contributed by atoms with Crippen LogP contribution in [-0.2, 0) is 0 Å². The van der Waals surface area contributed by atoms with Crippen LogP contribution in [-0.4, -0.2) is 17.5 Å². The van der Waals surface area contributed by atoms with Crippen molar-refractivity contribution >= 4 is 29.1 Å². The summed E-state index contributed by atoms with van der Waals surface area (Å²) < 4.78 is 0. The number of hydrogen-bond acceptors (Lipinski definition) is 2. The van der Waals surface area contributed by atoms with E-state index in [9.17, 15) is 0 Å². The van der Waals surface area contributed by atoms with Crippen molar-refractivity contribution in [1.29, 1.82) is 0 Å². The summed E-state index contributed by atoms with van der Waals surface area (Å²) in [6.45, 7) is 6.78. The van der Waals surface area contributed by atoms with Gasteiger partial charge >= 0.3 is 0 Å². The first kappa shape index (κ1) is 13.1. The van der Waals surface area contributed by atoms with Crippen LogP contribution in [0.4, 0.5) is 5.69 Å². The number of rotatable bonds is 2. The molecule has 1 aromatic carbocycles. The van der Waals surface area contributed by atoms with Gasteiger partial charge in [-0.2, -0.15) is 11.8 Å². The van der Waals surface area contributed by atoms with Gasteiger partial charge in [0, 0.05) is 22.5 Å². The van der Waals surface area contributed by atoms with E-state index in [1.807, 2.05) is 23.9 Å². The lowest BCUT2D eigenvalue weighted by atomic mass is 9.82. The highest BCUT2D eigenvalue weighted by Crippen LogP contribution is 2.37. The number of halogens is 1. The quantitative estimate of drug-likeness (QED) is 0.843. The SMILES string of the molecule is Cc1c(Cl)cccc1NC1CSCCC1(C)C. The number of hydrogen-bond donors (Lipinski definition) is 1. The van der Waals surface area contributed by atoms with Crippen LogP contribution in [0.1, 0.15) is 25.8 Å². The summed E-state index contributed by atoms with van der Waals surface area (Å²) in [5.74, 6) is 2.46. The van der Waals surface area contributed by atoms with E-state index >= 15 is 0 Å². The Morgan fingerprint density at radius 3 is 2.88 bits per heavy atom. The third-order valence-electron chi connectivity index (χ3n) is 3.72. The normalized spacial score (nSPS) is 23.4. The average molecular weight is 270 g/mol. The Balaban J connectivity index is 2.17. The molecule has 1 unspecified atom stereocenters. The van der Waals surface area contributed by atoms with Crippen LogP contribution >= 0.6 is 23.4 Å². The monoisotopic (exact) mass is 269 g/mol. The van der Waals surface area contributed by atoms with E-state index in [1.54, 1.807) is 0 Å². The molecule has 2 rings (SSSR count). The smallest absolute Gasteiger partial charge is 0.0455 e. The van der Waals surface area contributed by atoms with Crippen LogP contribution < -0.4 is 5.32 Å². The summed E-state index contributed by atoms with van der Waals surface area (Å²) in [5, 5.41) is 4.52. The van der Waals surface area contributed by atoms with E-state index in [0.29, 0.717) is 11.5 Å². The molecule has 0 bridgehead atoms. The average Bonchev–Trinajstić information content (AvgIpc) is 2.27. The van der Waals surface area contributed by atoms with Gasteiger partial charge in [-0.15, -0.1) is 0 Å².